The molecule has 1 unspecified atom stereocenters. The van der Waals surface area contributed by atoms with Crippen LogP contribution in [-0.2, 0) is 6.42 Å². The lowest BCUT2D eigenvalue weighted by Crippen LogP contribution is -2.51. The predicted molar refractivity (Wildman–Crippen MR) is 121 cm³/mol. The summed E-state index contributed by atoms with van der Waals surface area (Å²) < 4.78 is 5.75. The lowest BCUT2D eigenvalue weighted by molar-refractivity contribution is 0.00113. The molecule has 164 valence electrons. The first-order valence-electron chi connectivity index (χ1n) is 10.4. The monoisotopic (exact) mass is 443 g/mol. The van der Waals surface area contributed by atoms with E-state index >= 15 is 0 Å². The van der Waals surface area contributed by atoms with E-state index in [0.717, 1.165) is 29.9 Å². The Labute approximate surface area is 185 Å². The van der Waals surface area contributed by atoms with Gasteiger partial charge in [0.25, 0.3) is 0 Å². The van der Waals surface area contributed by atoms with E-state index in [0.29, 0.717) is 35.8 Å². The molecule has 4 rings (SSSR count). The largest absolute Gasteiger partial charge is 0.492 e. The maximum atomic E-state index is 11.7. The summed E-state index contributed by atoms with van der Waals surface area (Å²) in [6.45, 7) is 5.38. The number of benzene rings is 2. The van der Waals surface area contributed by atoms with E-state index in [1.165, 1.54) is 0 Å². The van der Waals surface area contributed by atoms with Gasteiger partial charge in [0.15, 0.2) is 0 Å². The van der Waals surface area contributed by atoms with Gasteiger partial charge >= 0.3 is 5.97 Å². The molecule has 1 atom stereocenters. The van der Waals surface area contributed by atoms with E-state index in [1.54, 1.807) is 18.2 Å². The number of aliphatic hydroxyl groups is 1. The number of aromatic amines is 1. The standard InChI is InChI=1S/C23H26ClN3O4/c1-2-31-20-6-4-3-5-19(20)26-9-11-27(12-10-26)21(28)14-17-16-13-15(24)7-8-18(16)25-22(17)23(29)30/h3-8,13,21,25,28H,2,9-12,14H2,1H3,(H,29,30). The molecule has 1 fully saturated rings. The van der Waals surface area contributed by atoms with Gasteiger partial charge in [-0.25, -0.2) is 4.79 Å². The Balaban J connectivity index is 1.48. The van der Waals surface area contributed by atoms with Crippen LogP contribution in [0.1, 0.15) is 23.0 Å². The van der Waals surface area contributed by atoms with Crippen molar-refractivity contribution in [2.24, 2.45) is 0 Å². The van der Waals surface area contributed by atoms with E-state index in [-0.39, 0.29) is 12.1 Å². The van der Waals surface area contributed by atoms with E-state index in [4.69, 9.17) is 16.3 Å². The van der Waals surface area contributed by atoms with Gasteiger partial charge in [-0.3, -0.25) is 4.90 Å². The van der Waals surface area contributed by atoms with Crippen molar-refractivity contribution in [2.45, 2.75) is 19.6 Å². The first kappa shape index (κ1) is 21.5. The van der Waals surface area contributed by atoms with E-state index < -0.39 is 12.2 Å². The third kappa shape index (κ3) is 4.49. The summed E-state index contributed by atoms with van der Waals surface area (Å²) in [5.41, 5.74) is 2.42. The second kappa shape index (κ2) is 9.18. The van der Waals surface area contributed by atoms with Gasteiger partial charge in [0.1, 0.15) is 17.7 Å². The van der Waals surface area contributed by atoms with Crippen molar-refractivity contribution in [1.82, 2.24) is 9.88 Å². The van der Waals surface area contributed by atoms with Crippen LogP contribution in [-0.4, -0.2) is 65.1 Å². The fourth-order valence-corrected chi connectivity index (χ4v) is 4.36. The number of H-pyrrole nitrogens is 1. The van der Waals surface area contributed by atoms with Crippen LogP contribution in [0.3, 0.4) is 0 Å². The zero-order valence-electron chi connectivity index (χ0n) is 17.3. The van der Waals surface area contributed by atoms with Gasteiger partial charge in [0, 0.05) is 48.5 Å². The van der Waals surface area contributed by atoms with Crippen LogP contribution in [0.2, 0.25) is 5.02 Å². The number of ether oxygens (including phenoxy) is 1. The minimum absolute atomic E-state index is 0.0978. The molecule has 0 amide bonds. The Morgan fingerprint density at radius 1 is 1.19 bits per heavy atom. The highest BCUT2D eigenvalue weighted by atomic mass is 35.5. The molecule has 31 heavy (non-hydrogen) atoms. The number of hydrogen-bond donors (Lipinski definition) is 3. The molecule has 1 aromatic heterocycles. The maximum Gasteiger partial charge on any atom is 0.352 e. The number of aromatic nitrogens is 1. The lowest BCUT2D eigenvalue weighted by Gasteiger charge is -2.38. The smallest absolute Gasteiger partial charge is 0.352 e. The molecule has 0 bridgehead atoms. The van der Waals surface area contributed by atoms with Crippen molar-refractivity contribution < 1.29 is 19.7 Å². The summed E-state index contributed by atoms with van der Waals surface area (Å²) in [5, 5.41) is 21.8. The van der Waals surface area contributed by atoms with Crippen LogP contribution >= 0.6 is 11.6 Å². The van der Waals surface area contributed by atoms with Crippen LogP contribution in [0, 0.1) is 0 Å². The lowest BCUT2D eigenvalue weighted by atomic mass is 10.1. The molecule has 3 aromatic rings. The maximum absolute atomic E-state index is 11.7. The molecule has 1 aliphatic rings. The highest BCUT2D eigenvalue weighted by Crippen LogP contribution is 2.30. The molecule has 0 radical (unpaired) electrons. The summed E-state index contributed by atoms with van der Waals surface area (Å²) in [4.78, 5) is 18.9. The number of nitrogens with zero attached hydrogens (tertiary/aromatic N) is 2. The molecular formula is C23H26ClN3O4. The number of carboxylic acids is 1. The predicted octanol–water partition coefficient (Wildman–Crippen LogP) is 3.60. The minimum Gasteiger partial charge on any atom is -0.492 e. The van der Waals surface area contributed by atoms with E-state index in [2.05, 4.69) is 9.88 Å². The summed E-state index contributed by atoms with van der Waals surface area (Å²) in [7, 11) is 0. The number of halogens is 1. The molecule has 1 saturated heterocycles. The summed E-state index contributed by atoms with van der Waals surface area (Å²) in [6, 6.07) is 13.2. The highest BCUT2D eigenvalue weighted by molar-refractivity contribution is 6.31. The van der Waals surface area contributed by atoms with Crippen LogP contribution in [0.4, 0.5) is 5.69 Å². The van der Waals surface area contributed by atoms with Gasteiger partial charge in [-0.05, 0) is 42.8 Å². The first-order valence-corrected chi connectivity index (χ1v) is 10.8. The van der Waals surface area contributed by atoms with Crippen molar-refractivity contribution in [3.8, 4) is 5.75 Å². The Kier molecular flexibility index (Phi) is 6.36. The van der Waals surface area contributed by atoms with E-state index in [1.807, 2.05) is 36.1 Å². The quantitative estimate of drug-likeness (QED) is 0.517. The fraction of sp³-hybridized carbons (Fsp3) is 0.348. The van der Waals surface area contributed by atoms with Crippen LogP contribution in [0.25, 0.3) is 10.9 Å². The second-order valence-electron chi connectivity index (χ2n) is 7.58. The number of rotatable bonds is 7. The summed E-state index contributed by atoms with van der Waals surface area (Å²) in [5.74, 6) is -0.187. The number of aliphatic hydroxyl groups excluding tert-OH is 1. The molecule has 0 aliphatic carbocycles. The molecule has 1 aliphatic heterocycles. The normalized spacial score (nSPS) is 15.9. The number of aromatic carboxylic acids is 1. The van der Waals surface area contributed by atoms with Gasteiger partial charge < -0.3 is 24.8 Å². The van der Waals surface area contributed by atoms with Gasteiger partial charge in [0.2, 0.25) is 0 Å². The van der Waals surface area contributed by atoms with E-state index in [9.17, 15) is 15.0 Å². The molecule has 0 saturated carbocycles. The topological polar surface area (TPSA) is 89.0 Å². The zero-order valence-corrected chi connectivity index (χ0v) is 18.1. The van der Waals surface area contributed by atoms with Crippen LogP contribution in [0.5, 0.6) is 5.75 Å². The molecule has 3 N–H and O–H groups in total. The third-order valence-corrected chi connectivity index (χ3v) is 5.95. The van der Waals surface area contributed by atoms with Crippen molar-refractivity contribution in [2.75, 3.05) is 37.7 Å². The average molecular weight is 444 g/mol. The average Bonchev–Trinajstić information content (AvgIpc) is 3.12. The zero-order chi connectivity index (χ0) is 22.0. The molecule has 7 nitrogen and oxygen atoms in total. The number of hydrogen-bond acceptors (Lipinski definition) is 5. The number of para-hydroxylation sites is 2. The number of piperazine rings is 1. The summed E-state index contributed by atoms with van der Waals surface area (Å²) in [6.07, 6.45) is -0.585. The number of carboxylic acid groups (broad SMARTS) is 1. The Morgan fingerprint density at radius 2 is 1.94 bits per heavy atom. The van der Waals surface area contributed by atoms with Crippen molar-refractivity contribution in [3.63, 3.8) is 0 Å². The summed E-state index contributed by atoms with van der Waals surface area (Å²) >= 11 is 6.12. The van der Waals surface area contributed by atoms with Crippen molar-refractivity contribution in [1.29, 1.82) is 0 Å². The minimum atomic E-state index is -1.05. The molecule has 8 heteroatoms. The van der Waals surface area contributed by atoms with Crippen molar-refractivity contribution >= 4 is 34.2 Å². The number of fused-ring (bicyclic) bond motifs is 1. The number of anilines is 1. The molecular weight excluding hydrogens is 418 g/mol. The number of carbonyl (C=O) groups is 1. The second-order valence-corrected chi connectivity index (χ2v) is 8.02. The van der Waals surface area contributed by atoms with Gasteiger partial charge in [-0.15, -0.1) is 0 Å². The van der Waals surface area contributed by atoms with Crippen molar-refractivity contribution in [3.05, 3.63) is 58.7 Å². The van der Waals surface area contributed by atoms with Gasteiger partial charge in [-0.2, -0.15) is 0 Å². The highest BCUT2D eigenvalue weighted by Gasteiger charge is 2.27. The Bertz CT molecular complexity index is 1080. The van der Waals surface area contributed by atoms with Crippen LogP contribution in [0.15, 0.2) is 42.5 Å². The molecule has 2 heterocycles. The first-order chi connectivity index (χ1) is 15.0. The fourth-order valence-electron chi connectivity index (χ4n) is 4.18. The van der Waals surface area contributed by atoms with Gasteiger partial charge in [-0.1, -0.05) is 23.7 Å². The Morgan fingerprint density at radius 3 is 2.65 bits per heavy atom. The SMILES string of the molecule is CCOc1ccccc1N1CCN(C(O)Cc2c(C(=O)O)[nH]c3ccc(Cl)cc23)CC1. The van der Waals surface area contributed by atoms with Crippen LogP contribution < -0.4 is 9.64 Å². The van der Waals surface area contributed by atoms with Gasteiger partial charge in [0.05, 0.1) is 12.3 Å². The third-order valence-electron chi connectivity index (χ3n) is 5.71. The Hall–Kier alpha value is -2.74. The molecule has 2 aromatic carbocycles. The molecule has 0 spiro atoms. The number of nitrogens with one attached hydrogen (secondary N) is 1.